The van der Waals surface area contributed by atoms with Gasteiger partial charge >= 0.3 is 0 Å². The molecule has 0 radical (unpaired) electrons. The first-order valence-electron chi connectivity index (χ1n) is 3.58. The lowest BCUT2D eigenvalue weighted by Gasteiger charge is -1.97. The van der Waals surface area contributed by atoms with E-state index in [2.05, 4.69) is 0 Å². The van der Waals surface area contributed by atoms with Crippen molar-refractivity contribution in [2.75, 3.05) is 11.2 Å². The molecule has 0 bridgehead atoms. The zero-order valence-corrected chi connectivity index (χ0v) is 6.83. The predicted octanol–water partition coefficient (Wildman–Crippen LogP) is 2.10. The van der Waals surface area contributed by atoms with E-state index in [0.29, 0.717) is 11.4 Å². The van der Waals surface area contributed by atoms with E-state index in [0.717, 1.165) is 0 Å². The Labute approximate surface area is 66.8 Å². The van der Waals surface area contributed by atoms with E-state index in [-0.39, 0.29) is 0 Å². The van der Waals surface area contributed by atoms with Crippen LogP contribution in [0.2, 0.25) is 0 Å². The number of nitrogens with one attached hydrogen (secondary N) is 1. The van der Waals surface area contributed by atoms with E-state index in [1.54, 1.807) is 24.3 Å². The third-order valence-electron chi connectivity index (χ3n) is 1.02. The molecular weight excluding hydrogens is 140 g/mol. The van der Waals surface area contributed by atoms with Crippen LogP contribution >= 0.6 is 0 Å². The maximum absolute atomic E-state index is 8.36. The molecule has 0 amide bonds. The molecule has 0 aromatic heterocycles. The van der Waals surface area contributed by atoms with Crippen molar-refractivity contribution in [2.45, 2.75) is 13.8 Å². The molecule has 0 fully saturated rings. The van der Waals surface area contributed by atoms with Crippen LogP contribution in [0.15, 0.2) is 24.3 Å². The van der Waals surface area contributed by atoms with E-state index < -0.39 is 0 Å². The van der Waals surface area contributed by atoms with Gasteiger partial charge in [-0.3, -0.25) is 10.7 Å². The van der Waals surface area contributed by atoms with E-state index in [1.807, 2.05) is 19.3 Å². The second-order valence-corrected chi connectivity index (χ2v) is 1.74. The summed E-state index contributed by atoms with van der Waals surface area (Å²) in [6.07, 6.45) is 0. The van der Waals surface area contributed by atoms with Gasteiger partial charge in [-0.15, -0.1) is 0 Å². The first-order valence-corrected chi connectivity index (χ1v) is 3.58. The van der Waals surface area contributed by atoms with E-state index in [9.17, 15) is 0 Å². The van der Waals surface area contributed by atoms with Crippen molar-refractivity contribution in [2.24, 2.45) is 0 Å². The molecule has 1 aromatic carbocycles. The smallest absolute Gasteiger partial charge is 0.0622 e. The SMILES string of the molecule is CC.Nc1cccc(NO)c1. The highest BCUT2D eigenvalue weighted by Crippen LogP contribution is 2.09. The van der Waals surface area contributed by atoms with Crippen LogP contribution in [-0.4, -0.2) is 5.21 Å². The van der Waals surface area contributed by atoms with Gasteiger partial charge in [-0.2, -0.15) is 0 Å². The minimum absolute atomic E-state index is 0.606. The highest BCUT2D eigenvalue weighted by Gasteiger charge is 1.86. The van der Waals surface area contributed by atoms with Gasteiger partial charge in [0.2, 0.25) is 0 Å². The summed E-state index contributed by atoms with van der Waals surface area (Å²) >= 11 is 0. The summed E-state index contributed by atoms with van der Waals surface area (Å²) in [5, 5.41) is 8.36. The second kappa shape index (κ2) is 5.56. The van der Waals surface area contributed by atoms with Crippen LogP contribution in [0.5, 0.6) is 0 Å². The average molecular weight is 154 g/mol. The molecule has 1 rings (SSSR count). The van der Waals surface area contributed by atoms with Gasteiger partial charge in [0.25, 0.3) is 0 Å². The fourth-order valence-electron chi connectivity index (χ4n) is 0.608. The highest BCUT2D eigenvalue weighted by molar-refractivity contribution is 5.52. The summed E-state index contributed by atoms with van der Waals surface area (Å²) in [7, 11) is 0. The maximum atomic E-state index is 8.36. The average Bonchev–Trinajstić information content (AvgIpc) is 2.08. The molecule has 62 valence electrons. The summed E-state index contributed by atoms with van der Waals surface area (Å²) in [5.41, 5.74) is 8.61. The summed E-state index contributed by atoms with van der Waals surface area (Å²) in [5.74, 6) is 0. The number of anilines is 2. The minimum Gasteiger partial charge on any atom is -0.399 e. The molecule has 0 aliphatic heterocycles. The van der Waals surface area contributed by atoms with Gasteiger partial charge in [0.1, 0.15) is 0 Å². The first-order chi connectivity index (χ1) is 5.33. The van der Waals surface area contributed by atoms with Crippen LogP contribution in [0.1, 0.15) is 13.8 Å². The molecule has 1 aromatic rings. The highest BCUT2D eigenvalue weighted by atomic mass is 16.5. The topological polar surface area (TPSA) is 58.3 Å². The zero-order chi connectivity index (χ0) is 8.69. The molecule has 0 unspecified atom stereocenters. The molecule has 0 aliphatic carbocycles. The number of hydrogen-bond donors (Lipinski definition) is 3. The van der Waals surface area contributed by atoms with Gasteiger partial charge in [0.05, 0.1) is 5.69 Å². The van der Waals surface area contributed by atoms with Crippen LogP contribution < -0.4 is 11.2 Å². The third-order valence-corrected chi connectivity index (χ3v) is 1.02. The van der Waals surface area contributed by atoms with Gasteiger partial charge in [-0.25, -0.2) is 0 Å². The molecule has 0 heterocycles. The lowest BCUT2D eigenvalue weighted by Crippen LogP contribution is -1.90. The van der Waals surface area contributed by atoms with E-state index in [1.165, 1.54) is 0 Å². The lowest BCUT2D eigenvalue weighted by molar-refractivity contribution is 0.389. The van der Waals surface area contributed by atoms with Crippen LogP contribution in [0, 0.1) is 0 Å². The van der Waals surface area contributed by atoms with Gasteiger partial charge in [-0.05, 0) is 18.2 Å². The summed E-state index contributed by atoms with van der Waals surface area (Å²) in [6, 6.07) is 6.87. The van der Waals surface area contributed by atoms with Gasteiger partial charge in [0, 0.05) is 5.69 Å². The van der Waals surface area contributed by atoms with E-state index in [4.69, 9.17) is 10.9 Å². The molecule has 0 atom stereocenters. The number of hydrogen-bond acceptors (Lipinski definition) is 3. The monoisotopic (exact) mass is 154 g/mol. The largest absolute Gasteiger partial charge is 0.399 e. The van der Waals surface area contributed by atoms with Crippen molar-refractivity contribution in [3.05, 3.63) is 24.3 Å². The Morgan fingerprint density at radius 2 is 2.00 bits per heavy atom. The molecule has 3 nitrogen and oxygen atoms in total. The Morgan fingerprint density at radius 3 is 2.36 bits per heavy atom. The number of benzene rings is 1. The van der Waals surface area contributed by atoms with Crippen LogP contribution in [0.25, 0.3) is 0 Å². The van der Waals surface area contributed by atoms with Crippen LogP contribution in [-0.2, 0) is 0 Å². The van der Waals surface area contributed by atoms with Crippen LogP contribution in [0.3, 0.4) is 0 Å². The normalized spacial score (nSPS) is 7.91. The standard InChI is InChI=1S/C6H8N2O.C2H6/c7-5-2-1-3-6(4-5)8-9;1-2/h1-4,8-9H,7H2;1-2H3. The van der Waals surface area contributed by atoms with Crippen molar-refractivity contribution >= 4 is 11.4 Å². The number of nitrogens with two attached hydrogens (primary N) is 1. The zero-order valence-electron chi connectivity index (χ0n) is 6.83. The lowest BCUT2D eigenvalue weighted by atomic mass is 10.3. The van der Waals surface area contributed by atoms with Gasteiger partial charge in [0.15, 0.2) is 0 Å². The van der Waals surface area contributed by atoms with Crippen molar-refractivity contribution in [1.82, 2.24) is 0 Å². The molecule has 0 aliphatic rings. The van der Waals surface area contributed by atoms with Crippen LogP contribution in [0.4, 0.5) is 11.4 Å². The summed E-state index contributed by atoms with van der Waals surface area (Å²) in [6.45, 7) is 4.00. The summed E-state index contributed by atoms with van der Waals surface area (Å²) < 4.78 is 0. The number of rotatable bonds is 1. The van der Waals surface area contributed by atoms with Gasteiger partial charge < -0.3 is 5.73 Å². The first kappa shape index (κ1) is 9.78. The molecule has 0 saturated heterocycles. The van der Waals surface area contributed by atoms with Gasteiger partial charge in [-0.1, -0.05) is 19.9 Å². The maximum Gasteiger partial charge on any atom is 0.0622 e. The van der Waals surface area contributed by atoms with Crippen molar-refractivity contribution < 1.29 is 5.21 Å². The third kappa shape index (κ3) is 3.47. The molecular formula is C8H14N2O. The Balaban J connectivity index is 0.000000461. The minimum atomic E-state index is 0.606. The second-order valence-electron chi connectivity index (χ2n) is 1.74. The Bertz CT molecular complexity index is 201. The Kier molecular flexibility index (Phi) is 4.94. The molecule has 11 heavy (non-hydrogen) atoms. The Morgan fingerprint density at radius 1 is 1.36 bits per heavy atom. The van der Waals surface area contributed by atoms with Crippen molar-refractivity contribution in [1.29, 1.82) is 0 Å². The summed E-state index contributed by atoms with van der Waals surface area (Å²) in [4.78, 5) is 0. The fraction of sp³-hybridized carbons (Fsp3) is 0.250. The molecule has 4 N–H and O–H groups in total. The number of nitrogen functional groups attached to an aromatic ring is 1. The fourth-order valence-corrected chi connectivity index (χ4v) is 0.608. The van der Waals surface area contributed by atoms with Crippen molar-refractivity contribution in [3.63, 3.8) is 0 Å². The molecule has 0 spiro atoms. The molecule has 0 saturated carbocycles. The van der Waals surface area contributed by atoms with Crippen molar-refractivity contribution in [3.8, 4) is 0 Å². The quantitative estimate of drug-likeness (QED) is 0.429. The predicted molar refractivity (Wildman–Crippen MR) is 47.6 cm³/mol. The molecule has 3 heteroatoms. The van der Waals surface area contributed by atoms with E-state index >= 15 is 0 Å². The Hall–Kier alpha value is -1.22.